The molecule has 70 heavy (non-hydrogen) atoms. The van der Waals surface area contributed by atoms with Crippen LogP contribution >= 0.6 is 11.3 Å². The molecule has 0 radical (unpaired) electrons. The molecule has 0 bridgehead atoms. The number of unbranched alkanes of at least 4 members (excludes halogenated alkanes) is 4. The van der Waals surface area contributed by atoms with Gasteiger partial charge in [-0.1, -0.05) is 37.5 Å². The molecule has 5 aliphatic rings. The van der Waals surface area contributed by atoms with Gasteiger partial charge in [-0.25, -0.2) is 9.37 Å². The quantitative estimate of drug-likeness (QED) is 0.0690. The van der Waals surface area contributed by atoms with Crippen LogP contribution in [0.1, 0.15) is 119 Å². The van der Waals surface area contributed by atoms with E-state index in [9.17, 15) is 38.3 Å². The van der Waals surface area contributed by atoms with E-state index < -0.39 is 41.3 Å². The minimum Gasteiger partial charge on any atom is -0.508 e. The van der Waals surface area contributed by atoms with Crippen molar-refractivity contribution in [2.24, 2.45) is 0 Å². The molecule has 4 heterocycles. The molecule has 4 aromatic rings. The molecule has 3 amide bonds. The predicted molar refractivity (Wildman–Crippen MR) is 267 cm³/mol. The summed E-state index contributed by atoms with van der Waals surface area (Å²) in [5.74, 6) is -3.96. The third-order valence-electron chi connectivity index (χ3n) is 14.7. The highest BCUT2D eigenvalue weighted by molar-refractivity contribution is 7.13. The molecule has 2 saturated heterocycles. The molecule has 0 saturated carbocycles. The van der Waals surface area contributed by atoms with Crippen molar-refractivity contribution in [1.29, 1.82) is 0 Å². The van der Waals surface area contributed by atoms with Gasteiger partial charge in [-0.2, -0.15) is 0 Å². The number of Topliss-reactive ketones (excluding diaryl/α,β-unsaturated/α-hetero) is 2. The Hall–Kier alpha value is -6.36. The first-order chi connectivity index (χ1) is 33.9. The number of carbonyl (C=O) groups excluding carboxylic acids is 6. The fourth-order valence-corrected chi connectivity index (χ4v) is 11.2. The highest BCUT2D eigenvalue weighted by atomic mass is 32.1. The number of imide groups is 1. The van der Waals surface area contributed by atoms with E-state index in [0.29, 0.717) is 52.1 Å². The van der Waals surface area contributed by atoms with Crippen LogP contribution in [0.2, 0.25) is 0 Å². The lowest BCUT2D eigenvalue weighted by molar-refractivity contribution is -0.118. The topological polar surface area (TPSA) is 173 Å². The number of piperidine rings is 1. The second-order valence-electron chi connectivity index (χ2n) is 19.1. The maximum absolute atomic E-state index is 14.4. The SMILES string of the molecule is CC1=CC(=O)C(N2C(=O)c3cccc(NCCCCCCCN4CCN(C5CCN(c6ccc7c(c6)C(=O)C(CC(C(=O)Nc6nccs6)c6cc(F)ccc6O)=CC7)CC5)CC4)c3C2=O)CCC1=O. The average molecular weight is 970 g/mol. The Morgan fingerprint density at radius 1 is 0.886 bits per heavy atom. The number of aromatic nitrogens is 1. The number of aromatic hydroxyl groups is 1. The number of allylic oxidation sites excluding steroid dienone is 3. The van der Waals surface area contributed by atoms with E-state index in [1.165, 1.54) is 23.5 Å². The van der Waals surface area contributed by atoms with E-state index >= 15 is 0 Å². The maximum atomic E-state index is 14.4. The number of rotatable bonds is 17. The first-order valence-corrected chi connectivity index (χ1v) is 25.6. The number of piperazine rings is 1. The maximum Gasteiger partial charge on any atom is 0.264 e. The average Bonchev–Trinajstić information content (AvgIpc) is 3.94. The fraction of sp³-hybridized carbons (Fsp3) is 0.426. The van der Waals surface area contributed by atoms with Gasteiger partial charge in [0.25, 0.3) is 11.8 Å². The standard InChI is InChI=1S/C54H60FN7O7S/c1-34-30-48(65)45(15-17-46(34)63)62-52(68)40-8-7-9-44(49(40)53(62)69)56-20-5-3-2-4-6-22-59-25-27-61(28-26-59)38-18-23-60(24-19-38)39-14-12-35-10-11-36(50(66)41(35)33-39)31-43(42-32-37(55)13-16-47(42)64)51(67)58-54-57-21-29-70-54/h7-9,11-14,16,21,29-30,32-33,38,43,45,56,64H,2-6,10,15,17-20,22-28,31H2,1H3,(H,57,58,67). The van der Waals surface area contributed by atoms with E-state index in [0.717, 1.165) is 119 Å². The van der Waals surface area contributed by atoms with Gasteiger partial charge in [0, 0.05) is 92.4 Å². The van der Waals surface area contributed by atoms with Crippen molar-refractivity contribution in [1.82, 2.24) is 19.7 Å². The van der Waals surface area contributed by atoms with Gasteiger partial charge in [-0.05, 0) is 124 Å². The molecule has 14 nitrogen and oxygen atoms in total. The van der Waals surface area contributed by atoms with E-state index in [2.05, 4.69) is 36.4 Å². The number of thiazole rings is 1. The van der Waals surface area contributed by atoms with E-state index in [1.807, 2.05) is 18.2 Å². The molecule has 2 aliphatic carbocycles. The highest BCUT2D eigenvalue weighted by Crippen LogP contribution is 2.37. The van der Waals surface area contributed by atoms with Crippen LogP contribution in [0.4, 0.5) is 20.9 Å². The molecule has 366 valence electrons. The Bertz CT molecular complexity index is 2720. The minimum atomic E-state index is -1.01. The van der Waals surface area contributed by atoms with Gasteiger partial charge in [-0.15, -0.1) is 11.3 Å². The molecule has 1 aromatic heterocycles. The van der Waals surface area contributed by atoms with E-state index in [1.54, 1.807) is 36.7 Å². The number of hydrogen-bond donors (Lipinski definition) is 3. The van der Waals surface area contributed by atoms with Crippen LogP contribution < -0.4 is 15.5 Å². The van der Waals surface area contributed by atoms with Crippen molar-refractivity contribution in [3.8, 4) is 5.75 Å². The predicted octanol–water partition coefficient (Wildman–Crippen LogP) is 7.96. The summed E-state index contributed by atoms with van der Waals surface area (Å²) >= 11 is 1.25. The van der Waals surface area contributed by atoms with Gasteiger partial charge in [0.1, 0.15) is 17.6 Å². The number of benzene rings is 3. The third-order valence-corrected chi connectivity index (χ3v) is 15.4. The van der Waals surface area contributed by atoms with Gasteiger partial charge in [0.2, 0.25) is 5.91 Å². The van der Waals surface area contributed by atoms with Crippen LogP contribution in [0.3, 0.4) is 0 Å². The number of nitrogens with one attached hydrogen (secondary N) is 2. The van der Waals surface area contributed by atoms with E-state index in [4.69, 9.17) is 0 Å². The molecule has 9 rings (SSSR count). The van der Waals surface area contributed by atoms with Crippen LogP contribution in [0.25, 0.3) is 0 Å². The van der Waals surface area contributed by atoms with Crippen molar-refractivity contribution < 1.29 is 38.3 Å². The molecule has 3 aromatic carbocycles. The van der Waals surface area contributed by atoms with Crippen molar-refractivity contribution in [2.75, 3.05) is 67.9 Å². The Labute approximate surface area is 411 Å². The number of halogens is 1. The van der Waals surface area contributed by atoms with Gasteiger partial charge >= 0.3 is 0 Å². The molecule has 0 spiro atoms. The number of phenols is 1. The van der Waals surface area contributed by atoms with Gasteiger partial charge in [0.05, 0.1) is 17.0 Å². The van der Waals surface area contributed by atoms with Crippen molar-refractivity contribution in [2.45, 2.75) is 95.6 Å². The number of hydrogen-bond acceptors (Lipinski definition) is 13. The zero-order chi connectivity index (χ0) is 48.9. The summed E-state index contributed by atoms with van der Waals surface area (Å²) in [6.07, 6.45) is 12.9. The lowest BCUT2D eigenvalue weighted by Gasteiger charge is -2.43. The fourth-order valence-electron chi connectivity index (χ4n) is 10.7. The second kappa shape index (κ2) is 21.7. The van der Waals surface area contributed by atoms with E-state index in [-0.39, 0.29) is 47.7 Å². The largest absolute Gasteiger partial charge is 0.508 e. The minimum absolute atomic E-state index is 0.00107. The van der Waals surface area contributed by atoms with Crippen molar-refractivity contribution >= 4 is 62.9 Å². The number of phenolic OH excluding ortho intramolecular Hbond substituents is 1. The zero-order valence-corrected chi connectivity index (χ0v) is 40.4. The summed E-state index contributed by atoms with van der Waals surface area (Å²) in [7, 11) is 0. The number of anilines is 3. The third kappa shape index (κ3) is 10.7. The van der Waals surface area contributed by atoms with Crippen LogP contribution in [0, 0.1) is 5.82 Å². The Balaban J connectivity index is 0.681. The molecule has 16 heteroatoms. The normalized spacial score (nSPS) is 19.7. The number of carbonyl (C=O) groups is 6. The first-order valence-electron chi connectivity index (χ1n) is 24.7. The number of amides is 3. The Morgan fingerprint density at radius 2 is 1.67 bits per heavy atom. The summed E-state index contributed by atoms with van der Waals surface area (Å²) in [6, 6.07) is 14.3. The van der Waals surface area contributed by atoms with Gasteiger partial charge in [-0.3, -0.25) is 38.6 Å². The number of ketones is 3. The lowest BCUT2D eigenvalue weighted by Crippen LogP contribution is -2.53. The molecular formula is C54H60FN7O7S. The lowest BCUT2D eigenvalue weighted by atomic mass is 9.82. The van der Waals surface area contributed by atoms with Crippen LogP contribution in [-0.2, 0) is 20.8 Å². The summed E-state index contributed by atoms with van der Waals surface area (Å²) < 4.78 is 14.4. The number of nitrogens with zero attached hydrogens (tertiary/aromatic N) is 5. The molecular weight excluding hydrogens is 910 g/mol. The van der Waals surface area contributed by atoms with Crippen molar-refractivity contribution in [3.63, 3.8) is 0 Å². The molecule has 2 unspecified atom stereocenters. The van der Waals surface area contributed by atoms with Crippen LogP contribution in [0.5, 0.6) is 5.75 Å². The first kappa shape index (κ1) is 48.7. The van der Waals surface area contributed by atoms with Crippen LogP contribution in [0.15, 0.2) is 89.5 Å². The summed E-state index contributed by atoms with van der Waals surface area (Å²) in [5, 5.41) is 18.9. The summed E-state index contributed by atoms with van der Waals surface area (Å²) in [6.45, 7) is 9.34. The highest BCUT2D eigenvalue weighted by Gasteiger charge is 2.44. The Morgan fingerprint density at radius 3 is 2.46 bits per heavy atom. The van der Waals surface area contributed by atoms with Crippen LogP contribution in [-0.4, -0.2) is 124 Å². The number of fused-ring (bicyclic) bond motifs is 2. The monoisotopic (exact) mass is 969 g/mol. The smallest absolute Gasteiger partial charge is 0.264 e. The summed E-state index contributed by atoms with van der Waals surface area (Å²) in [5.41, 5.74) is 4.66. The zero-order valence-electron chi connectivity index (χ0n) is 39.6. The van der Waals surface area contributed by atoms with Crippen molar-refractivity contribution in [3.05, 3.63) is 123 Å². The molecule has 2 atom stereocenters. The van der Waals surface area contributed by atoms with Gasteiger partial charge < -0.3 is 25.5 Å². The molecule has 2 fully saturated rings. The Kier molecular flexibility index (Phi) is 15.1. The second-order valence-corrected chi connectivity index (χ2v) is 20.0. The van der Waals surface area contributed by atoms with Gasteiger partial charge in [0.15, 0.2) is 22.5 Å². The molecule has 3 N–H and O–H groups in total. The molecule has 3 aliphatic heterocycles. The summed E-state index contributed by atoms with van der Waals surface area (Å²) in [4.78, 5) is 92.5.